The first-order valence-corrected chi connectivity index (χ1v) is 10.2. The van der Waals surface area contributed by atoms with Gasteiger partial charge in [-0.2, -0.15) is 0 Å². The molecule has 2 aliphatic heterocycles. The molecular weight excluding hydrogens is 360 g/mol. The maximum absolute atomic E-state index is 12.0. The zero-order valence-corrected chi connectivity index (χ0v) is 15.6. The monoisotopic (exact) mass is 380 g/mol. The molecule has 2 amide bonds. The lowest BCUT2D eigenvalue weighted by Crippen LogP contribution is -2.27. The Morgan fingerprint density at radius 1 is 1.04 bits per heavy atom. The lowest BCUT2D eigenvalue weighted by atomic mass is 9.96. The molecule has 6 heteroatoms. The van der Waals surface area contributed by atoms with E-state index in [0.717, 1.165) is 49.0 Å². The van der Waals surface area contributed by atoms with E-state index in [9.17, 15) is 9.59 Å². The molecule has 0 bridgehead atoms. The largest absolute Gasteiger partial charge is 0.486 e. The van der Waals surface area contributed by atoms with Crippen molar-refractivity contribution in [1.29, 1.82) is 0 Å². The van der Waals surface area contributed by atoms with Crippen LogP contribution in [0.25, 0.3) is 0 Å². The summed E-state index contributed by atoms with van der Waals surface area (Å²) in [6.07, 6.45) is 2.79. The fourth-order valence-electron chi connectivity index (χ4n) is 4.37. The number of anilines is 1. The van der Waals surface area contributed by atoms with E-state index in [1.807, 2.05) is 18.2 Å². The number of hydrogen-bond donors (Lipinski definition) is 2. The third kappa shape index (κ3) is 2.98. The van der Waals surface area contributed by atoms with E-state index in [4.69, 9.17) is 4.74 Å². The number of carbonyl (C=O) groups is 2. The standard InChI is InChI=1S/C21H20N2O3S/c24-20-19(27-21(25)23-20)15-7-5-12-11-13(6-8-14(12)15)26-18-9-10-22-17-4-2-1-3-16(17)18/h1-4,6,8,11,15,18-19,22H,5,7,9-10H2,(H,23,24,25)/t15-,18?,19?/m1/s1. The molecule has 1 fully saturated rings. The van der Waals surface area contributed by atoms with Gasteiger partial charge in [-0.25, -0.2) is 0 Å². The third-order valence-electron chi connectivity index (χ3n) is 5.63. The summed E-state index contributed by atoms with van der Waals surface area (Å²) in [5, 5.41) is 5.28. The van der Waals surface area contributed by atoms with Gasteiger partial charge >= 0.3 is 0 Å². The third-order valence-corrected chi connectivity index (χ3v) is 6.74. The number of hydrogen-bond acceptors (Lipinski definition) is 5. The first-order chi connectivity index (χ1) is 13.2. The second kappa shape index (κ2) is 6.60. The van der Waals surface area contributed by atoms with Crippen LogP contribution in [0.4, 0.5) is 10.5 Å². The molecule has 0 spiro atoms. The van der Waals surface area contributed by atoms with Gasteiger partial charge in [-0.3, -0.25) is 14.9 Å². The first-order valence-electron chi connectivity index (χ1n) is 9.33. The zero-order valence-electron chi connectivity index (χ0n) is 14.7. The predicted molar refractivity (Wildman–Crippen MR) is 105 cm³/mol. The van der Waals surface area contributed by atoms with E-state index < -0.39 is 0 Å². The van der Waals surface area contributed by atoms with E-state index >= 15 is 0 Å². The minimum Gasteiger partial charge on any atom is -0.486 e. The van der Waals surface area contributed by atoms with Gasteiger partial charge in [0.1, 0.15) is 17.1 Å². The summed E-state index contributed by atoms with van der Waals surface area (Å²) in [7, 11) is 0. The first kappa shape index (κ1) is 16.7. The molecule has 1 saturated heterocycles. The summed E-state index contributed by atoms with van der Waals surface area (Å²) in [4.78, 5) is 23.6. The van der Waals surface area contributed by atoms with Crippen LogP contribution in [0.15, 0.2) is 42.5 Å². The van der Waals surface area contributed by atoms with Crippen LogP contribution in [-0.2, 0) is 11.2 Å². The second-order valence-corrected chi connectivity index (χ2v) is 8.34. The summed E-state index contributed by atoms with van der Waals surface area (Å²) >= 11 is 1.12. The number of ether oxygens (including phenoxy) is 1. The van der Waals surface area contributed by atoms with Crippen molar-refractivity contribution in [3.63, 3.8) is 0 Å². The second-order valence-electron chi connectivity index (χ2n) is 7.23. The van der Waals surface area contributed by atoms with Crippen LogP contribution >= 0.6 is 11.8 Å². The molecule has 2 unspecified atom stereocenters. The quantitative estimate of drug-likeness (QED) is 0.842. The van der Waals surface area contributed by atoms with Crippen LogP contribution in [0.2, 0.25) is 0 Å². The highest BCUT2D eigenvalue weighted by molar-refractivity contribution is 8.15. The van der Waals surface area contributed by atoms with Gasteiger partial charge in [-0.15, -0.1) is 0 Å². The zero-order chi connectivity index (χ0) is 18.4. The summed E-state index contributed by atoms with van der Waals surface area (Å²) in [6.45, 7) is 0.900. The number of para-hydroxylation sites is 1. The van der Waals surface area contributed by atoms with Crippen molar-refractivity contribution in [3.8, 4) is 5.75 Å². The van der Waals surface area contributed by atoms with Gasteiger partial charge in [-0.1, -0.05) is 36.0 Å². The van der Waals surface area contributed by atoms with E-state index in [1.54, 1.807) is 0 Å². The maximum atomic E-state index is 12.0. The molecule has 0 saturated carbocycles. The van der Waals surface area contributed by atoms with Crippen LogP contribution in [0.1, 0.15) is 41.6 Å². The fourth-order valence-corrected chi connectivity index (χ4v) is 5.37. The molecule has 2 N–H and O–H groups in total. The van der Waals surface area contributed by atoms with Crippen molar-refractivity contribution >= 4 is 28.6 Å². The van der Waals surface area contributed by atoms with Crippen LogP contribution < -0.4 is 15.4 Å². The summed E-state index contributed by atoms with van der Waals surface area (Å²) in [5.74, 6) is 0.815. The molecule has 2 aromatic carbocycles. The van der Waals surface area contributed by atoms with Gasteiger partial charge in [0, 0.05) is 30.1 Å². The Morgan fingerprint density at radius 2 is 1.93 bits per heavy atom. The van der Waals surface area contributed by atoms with Crippen LogP contribution in [-0.4, -0.2) is 22.9 Å². The lowest BCUT2D eigenvalue weighted by Gasteiger charge is -2.27. The Bertz CT molecular complexity index is 929. The Morgan fingerprint density at radius 3 is 2.78 bits per heavy atom. The van der Waals surface area contributed by atoms with Gasteiger partial charge in [0.15, 0.2) is 0 Å². The average Bonchev–Trinajstić information content (AvgIpc) is 3.24. The Hall–Kier alpha value is -2.47. The van der Waals surface area contributed by atoms with Gasteiger partial charge in [0.05, 0.1) is 0 Å². The highest BCUT2D eigenvalue weighted by Gasteiger charge is 2.41. The number of imide groups is 1. The predicted octanol–water partition coefficient (Wildman–Crippen LogP) is 4.00. The topological polar surface area (TPSA) is 67.4 Å². The summed E-state index contributed by atoms with van der Waals surface area (Å²) < 4.78 is 6.33. The number of carbonyl (C=O) groups excluding carboxylic acids is 2. The summed E-state index contributed by atoms with van der Waals surface area (Å²) in [6, 6.07) is 14.5. The number of amides is 2. The van der Waals surface area contributed by atoms with Gasteiger partial charge in [-0.05, 0) is 42.2 Å². The minimum atomic E-state index is -0.304. The lowest BCUT2D eigenvalue weighted by molar-refractivity contribution is -0.119. The normalized spacial score (nSPS) is 26.1. The van der Waals surface area contributed by atoms with Gasteiger partial charge in [0.2, 0.25) is 5.91 Å². The number of thioether (sulfide) groups is 1. The van der Waals surface area contributed by atoms with Crippen molar-refractivity contribution in [3.05, 3.63) is 59.2 Å². The molecule has 0 aromatic heterocycles. The number of benzene rings is 2. The molecule has 2 heterocycles. The van der Waals surface area contributed by atoms with E-state index in [-0.39, 0.29) is 28.4 Å². The van der Waals surface area contributed by atoms with Crippen LogP contribution in [0, 0.1) is 0 Å². The van der Waals surface area contributed by atoms with Crippen LogP contribution in [0.5, 0.6) is 5.75 Å². The Labute approximate surface area is 161 Å². The van der Waals surface area contributed by atoms with Gasteiger partial charge in [0.25, 0.3) is 5.24 Å². The molecule has 5 nitrogen and oxygen atoms in total. The average molecular weight is 380 g/mol. The van der Waals surface area contributed by atoms with Crippen molar-refractivity contribution < 1.29 is 14.3 Å². The molecule has 27 heavy (non-hydrogen) atoms. The maximum Gasteiger partial charge on any atom is 0.286 e. The molecular formula is C21H20N2O3S. The van der Waals surface area contributed by atoms with E-state index in [0.29, 0.717) is 0 Å². The molecule has 3 atom stereocenters. The molecule has 1 aliphatic carbocycles. The minimum absolute atomic E-state index is 0.0477. The number of fused-ring (bicyclic) bond motifs is 2. The van der Waals surface area contributed by atoms with Gasteiger partial charge < -0.3 is 10.1 Å². The summed E-state index contributed by atoms with van der Waals surface area (Å²) in [5.41, 5.74) is 4.74. The van der Waals surface area contributed by atoms with E-state index in [1.165, 1.54) is 16.7 Å². The van der Waals surface area contributed by atoms with Crippen molar-refractivity contribution in [2.24, 2.45) is 0 Å². The number of rotatable bonds is 3. The molecule has 138 valence electrons. The number of nitrogens with one attached hydrogen (secondary N) is 2. The number of aryl methyl sites for hydroxylation is 1. The highest BCUT2D eigenvalue weighted by atomic mass is 32.2. The van der Waals surface area contributed by atoms with E-state index in [2.05, 4.69) is 34.9 Å². The smallest absolute Gasteiger partial charge is 0.286 e. The Kier molecular flexibility index (Phi) is 4.08. The van der Waals surface area contributed by atoms with Crippen molar-refractivity contribution in [1.82, 2.24) is 5.32 Å². The van der Waals surface area contributed by atoms with Crippen molar-refractivity contribution in [2.75, 3.05) is 11.9 Å². The SMILES string of the molecule is O=C1NC(=O)C([C@@H]2CCc3cc(OC4CCNc5ccccc54)ccc32)S1. The molecule has 5 rings (SSSR count). The fraction of sp³-hybridized carbons (Fsp3) is 0.333. The molecule has 3 aliphatic rings. The highest BCUT2D eigenvalue weighted by Crippen LogP contribution is 2.43. The van der Waals surface area contributed by atoms with Crippen LogP contribution in [0.3, 0.4) is 0 Å². The molecule has 0 radical (unpaired) electrons. The van der Waals surface area contributed by atoms with Crippen molar-refractivity contribution in [2.45, 2.75) is 36.5 Å². The molecule has 2 aromatic rings. The Balaban J connectivity index is 1.37.